The fourth-order valence-electron chi connectivity index (χ4n) is 2.90. The SMILES string of the molecule is OC[C@H]1O[C@@H](n2ccc3c(-c4cn[nH]c4)ncnc32)[C@H](O)[C@@H]1O. The molecule has 23 heavy (non-hydrogen) atoms. The molecule has 0 saturated carbocycles. The van der Waals surface area contributed by atoms with Crippen LogP contribution in [0.4, 0.5) is 0 Å². The van der Waals surface area contributed by atoms with Crippen molar-refractivity contribution in [1.82, 2.24) is 24.7 Å². The molecule has 4 atom stereocenters. The molecule has 3 aromatic rings. The number of aliphatic hydroxyl groups is 3. The molecule has 1 aliphatic rings. The summed E-state index contributed by atoms with van der Waals surface area (Å²) in [5.74, 6) is 0. The maximum atomic E-state index is 10.2. The number of nitrogens with one attached hydrogen (secondary N) is 1. The van der Waals surface area contributed by atoms with Crippen LogP contribution < -0.4 is 0 Å². The zero-order chi connectivity index (χ0) is 16.0. The summed E-state index contributed by atoms with van der Waals surface area (Å²) in [6.45, 7) is -0.372. The molecule has 0 bridgehead atoms. The van der Waals surface area contributed by atoms with Gasteiger partial charge < -0.3 is 24.6 Å². The van der Waals surface area contributed by atoms with Crippen LogP contribution in [0.2, 0.25) is 0 Å². The van der Waals surface area contributed by atoms with Crippen LogP contribution in [0.15, 0.2) is 31.0 Å². The number of hydrogen-bond donors (Lipinski definition) is 4. The Morgan fingerprint density at radius 3 is 2.83 bits per heavy atom. The number of fused-ring (bicyclic) bond motifs is 1. The van der Waals surface area contributed by atoms with Gasteiger partial charge in [-0.05, 0) is 6.07 Å². The fraction of sp³-hybridized carbons (Fsp3) is 0.357. The lowest BCUT2D eigenvalue weighted by atomic mass is 10.1. The standard InChI is InChI=1S/C14H15N5O4/c20-5-9-11(21)12(22)14(23-9)19-2-1-8-10(7-3-17-18-4-7)15-6-16-13(8)19/h1-4,6,9,11-12,14,20-22H,5H2,(H,17,18)/t9-,11-,12-,14-/m1/s1. The van der Waals surface area contributed by atoms with Crippen LogP contribution in [0, 0.1) is 0 Å². The second-order valence-corrected chi connectivity index (χ2v) is 5.40. The third-order valence-electron chi connectivity index (χ3n) is 4.07. The summed E-state index contributed by atoms with van der Waals surface area (Å²) in [6.07, 6.45) is 2.55. The van der Waals surface area contributed by atoms with E-state index in [1.54, 1.807) is 23.2 Å². The third kappa shape index (κ3) is 2.13. The van der Waals surface area contributed by atoms with Crippen molar-refractivity contribution in [3.05, 3.63) is 31.0 Å². The first-order valence-electron chi connectivity index (χ1n) is 7.14. The number of nitrogens with zero attached hydrogens (tertiary/aromatic N) is 4. The lowest BCUT2D eigenvalue weighted by Gasteiger charge is -2.17. The molecule has 3 aromatic heterocycles. The molecule has 4 heterocycles. The predicted molar refractivity (Wildman–Crippen MR) is 78.1 cm³/mol. The highest BCUT2D eigenvalue weighted by Gasteiger charge is 2.43. The number of H-pyrrole nitrogens is 1. The van der Waals surface area contributed by atoms with Crippen molar-refractivity contribution in [2.75, 3.05) is 6.61 Å². The Kier molecular flexibility index (Phi) is 3.34. The summed E-state index contributed by atoms with van der Waals surface area (Å²) >= 11 is 0. The number of ether oxygens (including phenoxy) is 1. The van der Waals surface area contributed by atoms with E-state index >= 15 is 0 Å². The number of rotatable bonds is 3. The van der Waals surface area contributed by atoms with Crippen molar-refractivity contribution in [2.45, 2.75) is 24.5 Å². The maximum absolute atomic E-state index is 10.2. The number of aliphatic hydroxyl groups excluding tert-OH is 3. The fourth-order valence-corrected chi connectivity index (χ4v) is 2.90. The molecule has 0 radical (unpaired) electrons. The molecular formula is C14H15N5O4. The first-order valence-corrected chi connectivity index (χ1v) is 7.14. The Labute approximate surface area is 130 Å². The zero-order valence-corrected chi connectivity index (χ0v) is 11.9. The van der Waals surface area contributed by atoms with E-state index in [9.17, 15) is 15.3 Å². The smallest absolute Gasteiger partial charge is 0.164 e. The molecule has 0 spiro atoms. The Hall–Kier alpha value is -2.33. The summed E-state index contributed by atoms with van der Waals surface area (Å²) in [7, 11) is 0. The van der Waals surface area contributed by atoms with Crippen molar-refractivity contribution in [3.63, 3.8) is 0 Å². The quantitative estimate of drug-likeness (QED) is 0.509. The van der Waals surface area contributed by atoms with Crippen molar-refractivity contribution >= 4 is 11.0 Å². The number of aromatic amines is 1. The molecule has 0 aliphatic carbocycles. The molecule has 0 aromatic carbocycles. The van der Waals surface area contributed by atoms with Gasteiger partial charge in [-0.1, -0.05) is 0 Å². The van der Waals surface area contributed by atoms with Crippen LogP contribution >= 0.6 is 0 Å². The van der Waals surface area contributed by atoms with Gasteiger partial charge in [0.2, 0.25) is 0 Å². The molecule has 0 amide bonds. The minimum Gasteiger partial charge on any atom is -0.394 e. The van der Waals surface area contributed by atoms with E-state index < -0.39 is 24.5 Å². The van der Waals surface area contributed by atoms with E-state index in [0.717, 1.165) is 10.9 Å². The molecule has 1 aliphatic heterocycles. The summed E-state index contributed by atoms with van der Waals surface area (Å²) in [5, 5.41) is 36.7. The minimum atomic E-state index is -1.16. The van der Waals surface area contributed by atoms with E-state index in [4.69, 9.17) is 4.74 Å². The second-order valence-electron chi connectivity index (χ2n) is 5.40. The van der Waals surface area contributed by atoms with E-state index in [0.29, 0.717) is 11.3 Å². The van der Waals surface area contributed by atoms with Gasteiger partial charge in [-0.3, -0.25) is 5.10 Å². The van der Waals surface area contributed by atoms with Crippen LogP contribution in [0.3, 0.4) is 0 Å². The Balaban J connectivity index is 1.80. The van der Waals surface area contributed by atoms with Crippen LogP contribution in [0.1, 0.15) is 6.23 Å². The van der Waals surface area contributed by atoms with Crippen LogP contribution in [-0.4, -0.2) is 65.0 Å². The molecule has 120 valence electrons. The molecule has 9 nitrogen and oxygen atoms in total. The molecule has 0 unspecified atom stereocenters. The van der Waals surface area contributed by atoms with Gasteiger partial charge in [0.25, 0.3) is 0 Å². The van der Waals surface area contributed by atoms with Crippen molar-refractivity contribution in [1.29, 1.82) is 0 Å². The van der Waals surface area contributed by atoms with Crippen LogP contribution in [0.25, 0.3) is 22.3 Å². The zero-order valence-electron chi connectivity index (χ0n) is 11.9. The second kappa shape index (κ2) is 5.39. The predicted octanol–water partition coefficient (Wildman–Crippen LogP) is -0.567. The minimum absolute atomic E-state index is 0.372. The topological polar surface area (TPSA) is 129 Å². The largest absolute Gasteiger partial charge is 0.394 e. The molecule has 1 fully saturated rings. The molecule has 1 saturated heterocycles. The van der Waals surface area contributed by atoms with Crippen LogP contribution in [-0.2, 0) is 4.74 Å². The van der Waals surface area contributed by atoms with Gasteiger partial charge in [0.15, 0.2) is 6.23 Å². The van der Waals surface area contributed by atoms with Crippen LogP contribution in [0.5, 0.6) is 0 Å². The normalized spacial score (nSPS) is 27.8. The van der Waals surface area contributed by atoms with Crippen molar-refractivity contribution in [3.8, 4) is 11.3 Å². The van der Waals surface area contributed by atoms with Crippen molar-refractivity contribution < 1.29 is 20.1 Å². The van der Waals surface area contributed by atoms with E-state index in [1.165, 1.54) is 6.33 Å². The van der Waals surface area contributed by atoms with Gasteiger partial charge in [-0.2, -0.15) is 5.10 Å². The number of aromatic nitrogens is 5. The summed E-state index contributed by atoms with van der Waals surface area (Å²) in [4.78, 5) is 8.53. The monoisotopic (exact) mass is 317 g/mol. The number of hydrogen-bond acceptors (Lipinski definition) is 7. The molecule has 4 N–H and O–H groups in total. The summed E-state index contributed by atoms with van der Waals surface area (Å²) in [5.41, 5.74) is 2.08. The first kappa shape index (κ1) is 14.3. The molecular weight excluding hydrogens is 302 g/mol. The van der Waals surface area contributed by atoms with E-state index in [-0.39, 0.29) is 6.61 Å². The average Bonchev–Trinajstić information content (AvgIpc) is 3.28. The lowest BCUT2D eigenvalue weighted by Crippen LogP contribution is -2.33. The average molecular weight is 317 g/mol. The van der Waals surface area contributed by atoms with E-state index in [1.807, 2.05) is 6.07 Å². The first-order chi connectivity index (χ1) is 11.2. The van der Waals surface area contributed by atoms with Crippen molar-refractivity contribution in [2.24, 2.45) is 0 Å². The molecule has 9 heteroatoms. The Bertz CT molecular complexity index is 818. The maximum Gasteiger partial charge on any atom is 0.164 e. The molecule has 4 rings (SSSR count). The van der Waals surface area contributed by atoms with Gasteiger partial charge in [-0.25, -0.2) is 9.97 Å². The third-order valence-corrected chi connectivity index (χ3v) is 4.07. The summed E-state index contributed by atoms with van der Waals surface area (Å²) in [6, 6.07) is 1.81. The highest BCUT2D eigenvalue weighted by atomic mass is 16.6. The van der Waals surface area contributed by atoms with Gasteiger partial charge in [0.1, 0.15) is 30.3 Å². The highest BCUT2D eigenvalue weighted by Crippen LogP contribution is 2.33. The lowest BCUT2D eigenvalue weighted by molar-refractivity contribution is -0.0508. The summed E-state index contributed by atoms with van der Waals surface area (Å²) < 4.78 is 7.18. The van der Waals surface area contributed by atoms with Gasteiger partial charge in [-0.15, -0.1) is 0 Å². The Morgan fingerprint density at radius 1 is 1.26 bits per heavy atom. The van der Waals surface area contributed by atoms with Gasteiger partial charge >= 0.3 is 0 Å². The Morgan fingerprint density at radius 2 is 2.13 bits per heavy atom. The van der Waals surface area contributed by atoms with Gasteiger partial charge in [0.05, 0.1) is 18.5 Å². The highest BCUT2D eigenvalue weighted by molar-refractivity contribution is 5.90. The van der Waals surface area contributed by atoms with E-state index in [2.05, 4.69) is 20.2 Å². The van der Waals surface area contributed by atoms with Gasteiger partial charge in [0, 0.05) is 23.3 Å².